The van der Waals surface area contributed by atoms with Crippen molar-refractivity contribution < 1.29 is 0 Å². The maximum Gasteiger partial charge on any atom is 0.123 e. The largest absolute Gasteiger partial charge is 0.326 e. The summed E-state index contributed by atoms with van der Waals surface area (Å²) >= 11 is 3.51. The van der Waals surface area contributed by atoms with Crippen LogP contribution in [0.25, 0.3) is 10.6 Å². The summed E-state index contributed by atoms with van der Waals surface area (Å²) in [6.45, 7) is 0.617. The van der Waals surface area contributed by atoms with Crippen LogP contribution >= 0.6 is 23.1 Å². The first-order valence-electron chi connectivity index (χ1n) is 6.16. The molecule has 1 heterocycles. The van der Waals surface area contributed by atoms with E-state index in [1.54, 1.807) is 23.1 Å². The molecule has 94 valence electrons. The summed E-state index contributed by atoms with van der Waals surface area (Å²) in [5, 5.41) is 1.12. The molecule has 1 saturated carbocycles. The minimum absolute atomic E-state index is 0.617. The average Bonchev–Trinajstić information content (AvgIpc) is 3.18. The molecule has 1 aliphatic rings. The van der Waals surface area contributed by atoms with E-state index in [9.17, 15) is 0 Å². The maximum atomic E-state index is 5.82. The summed E-state index contributed by atoms with van der Waals surface area (Å²) in [5.74, 6) is 0.680. The van der Waals surface area contributed by atoms with E-state index in [0.717, 1.165) is 5.01 Å². The first kappa shape index (κ1) is 12.2. The van der Waals surface area contributed by atoms with Crippen molar-refractivity contribution in [1.82, 2.24) is 4.98 Å². The van der Waals surface area contributed by atoms with Crippen LogP contribution in [0.4, 0.5) is 0 Å². The van der Waals surface area contributed by atoms with Gasteiger partial charge in [0.1, 0.15) is 5.01 Å². The van der Waals surface area contributed by atoms with Crippen molar-refractivity contribution in [1.29, 1.82) is 0 Å². The highest BCUT2D eigenvalue weighted by atomic mass is 32.2. The van der Waals surface area contributed by atoms with Gasteiger partial charge >= 0.3 is 0 Å². The molecule has 2 N–H and O–H groups in total. The molecular formula is C14H16N2S2. The maximum absolute atomic E-state index is 5.82. The van der Waals surface area contributed by atoms with E-state index >= 15 is 0 Å². The van der Waals surface area contributed by atoms with Crippen LogP contribution in [-0.4, -0.2) is 11.2 Å². The fourth-order valence-corrected chi connectivity index (χ4v) is 3.48. The number of benzene rings is 1. The lowest BCUT2D eigenvalue weighted by Gasteiger charge is -1.98. The molecule has 0 spiro atoms. The zero-order valence-electron chi connectivity index (χ0n) is 10.3. The second kappa shape index (κ2) is 5.03. The molecule has 0 amide bonds. The minimum atomic E-state index is 0.617. The molecule has 0 aliphatic heterocycles. The molecule has 1 aromatic heterocycles. The summed E-state index contributed by atoms with van der Waals surface area (Å²) in [5.41, 5.74) is 8.28. The first-order valence-corrected chi connectivity index (χ1v) is 8.20. The van der Waals surface area contributed by atoms with Gasteiger partial charge in [-0.15, -0.1) is 23.1 Å². The Labute approximate surface area is 116 Å². The van der Waals surface area contributed by atoms with Crippen LogP contribution in [-0.2, 0) is 6.54 Å². The molecule has 4 heteroatoms. The molecule has 0 radical (unpaired) electrons. The molecule has 0 atom stereocenters. The summed E-state index contributed by atoms with van der Waals surface area (Å²) in [6, 6.07) is 8.61. The number of hydrogen-bond acceptors (Lipinski definition) is 4. The van der Waals surface area contributed by atoms with E-state index in [1.807, 2.05) is 0 Å². The molecule has 1 fully saturated rings. The second-order valence-electron chi connectivity index (χ2n) is 4.53. The molecule has 1 aromatic carbocycles. The Morgan fingerprint density at radius 3 is 2.61 bits per heavy atom. The lowest BCUT2D eigenvalue weighted by atomic mass is 10.2. The summed E-state index contributed by atoms with van der Waals surface area (Å²) in [6.07, 6.45) is 4.65. The van der Waals surface area contributed by atoms with Gasteiger partial charge in [0.2, 0.25) is 0 Å². The Morgan fingerprint density at radius 2 is 2.06 bits per heavy atom. The molecule has 18 heavy (non-hydrogen) atoms. The average molecular weight is 276 g/mol. The topological polar surface area (TPSA) is 38.9 Å². The van der Waals surface area contributed by atoms with Crippen LogP contribution in [0.1, 0.15) is 29.3 Å². The van der Waals surface area contributed by atoms with Crippen molar-refractivity contribution >= 4 is 23.1 Å². The molecule has 0 unspecified atom stereocenters. The summed E-state index contributed by atoms with van der Waals surface area (Å²) < 4.78 is 0. The van der Waals surface area contributed by atoms with Gasteiger partial charge in [0.15, 0.2) is 0 Å². The highest BCUT2D eigenvalue weighted by molar-refractivity contribution is 7.98. The number of hydrogen-bond donors (Lipinski definition) is 1. The Kier molecular flexibility index (Phi) is 3.41. The zero-order chi connectivity index (χ0) is 12.5. The van der Waals surface area contributed by atoms with E-state index in [4.69, 9.17) is 10.7 Å². The third kappa shape index (κ3) is 2.32. The Hall–Kier alpha value is -0.840. The van der Waals surface area contributed by atoms with Crippen molar-refractivity contribution in [2.45, 2.75) is 30.2 Å². The van der Waals surface area contributed by atoms with Crippen molar-refractivity contribution in [3.8, 4) is 10.6 Å². The van der Waals surface area contributed by atoms with Gasteiger partial charge in [-0.1, -0.05) is 12.1 Å². The Bertz CT molecular complexity index is 541. The van der Waals surface area contributed by atoms with E-state index in [2.05, 4.69) is 30.5 Å². The predicted molar refractivity (Wildman–Crippen MR) is 79.2 cm³/mol. The summed E-state index contributed by atoms with van der Waals surface area (Å²) in [4.78, 5) is 7.35. The van der Waals surface area contributed by atoms with Crippen LogP contribution in [0, 0.1) is 0 Å². The van der Waals surface area contributed by atoms with Crippen molar-refractivity contribution in [2.24, 2.45) is 5.73 Å². The monoisotopic (exact) mass is 276 g/mol. The molecule has 0 saturated heterocycles. The van der Waals surface area contributed by atoms with Gasteiger partial charge in [0, 0.05) is 27.8 Å². The number of rotatable bonds is 4. The SMILES string of the molecule is CSc1ccc(-c2nc(C3CC3)c(CN)s2)cc1. The third-order valence-corrected chi connectivity index (χ3v) is 5.10. The number of thioether (sulfide) groups is 1. The quantitative estimate of drug-likeness (QED) is 0.862. The third-order valence-electron chi connectivity index (χ3n) is 3.21. The van der Waals surface area contributed by atoms with Crippen LogP contribution in [0.2, 0.25) is 0 Å². The zero-order valence-corrected chi connectivity index (χ0v) is 12.0. The van der Waals surface area contributed by atoms with Crippen molar-refractivity contribution in [2.75, 3.05) is 6.26 Å². The van der Waals surface area contributed by atoms with Crippen LogP contribution < -0.4 is 5.73 Å². The molecule has 2 nitrogen and oxygen atoms in total. The van der Waals surface area contributed by atoms with E-state index in [-0.39, 0.29) is 0 Å². The Balaban J connectivity index is 1.95. The van der Waals surface area contributed by atoms with E-state index in [0.29, 0.717) is 12.5 Å². The van der Waals surface area contributed by atoms with Crippen LogP contribution in [0.5, 0.6) is 0 Å². The highest BCUT2D eigenvalue weighted by Gasteiger charge is 2.29. The number of thiazole rings is 1. The van der Waals surface area contributed by atoms with Crippen LogP contribution in [0.3, 0.4) is 0 Å². The summed E-state index contributed by atoms with van der Waals surface area (Å²) in [7, 11) is 0. The normalized spacial score (nSPS) is 15.0. The van der Waals surface area contributed by atoms with Gasteiger partial charge < -0.3 is 5.73 Å². The predicted octanol–water partition coefficient (Wildman–Crippen LogP) is 3.87. The van der Waals surface area contributed by atoms with E-state index in [1.165, 1.54) is 33.9 Å². The lowest BCUT2D eigenvalue weighted by Crippen LogP contribution is -1.96. The van der Waals surface area contributed by atoms with Gasteiger partial charge in [-0.3, -0.25) is 0 Å². The number of aromatic nitrogens is 1. The van der Waals surface area contributed by atoms with Gasteiger partial charge in [-0.25, -0.2) is 4.98 Å². The van der Waals surface area contributed by atoms with E-state index < -0.39 is 0 Å². The minimum Gasteiger partial charge on any atom is -0.326 e. The van der Waals surface area contributed by atoms with Gasteiger partial charge in [0.25, 0.3) is 0 Å². The molecule has 3 rings (SSSR count). The molecule has 1 aliphatic carbocycles. The van der Waals surface area contributed by atoms with Crippen molar-refractivity contribution in [3.05, 3.63) is 34.8 Å². The lowest BCUT2D eigenvalue weighted by molar-refractivity contribution is 0.980. The molecule has 2 aromatic rings. The van der Waals surface area contributed by atoms with Gasteiger partial charge in [0.05, 0.1) is 5.69 Å². The number of nitrogens with two attached hydrogens (primary N) is 1. The highest BCUT2D eigenvalue weighted by Crippen LogP contribution is 2.44. The smallest absolute Gasteiger partial charge is 0.123 e. The fourth-order valence-electron chi connectivity index (χ4n) is 2.04. The first-order chi connectivity index (χ1) is 8.81. The van der Waals surface area contributed by atoms with Crippen molar-refractivity contribution in [3.63, 3.8) is 0 Å². The second-order valence-corrected chi connectivity index (χ2v) is 6.50. The van der Waals surface area contributed by atoms with Gasteiger partial charge in [-0.05, 0) is 31.2 Å². The molecule has 0 bridgehead atoms. The van der Waals surface area contributed by atoms with Crippen LogP contribution in [0.15, 0.2) is 29.2 Å². The fraction of sp³-hybridized carbons (Fsp3) is 0.357. The molecular weight excluding hydrogens is 260 g/mol. The number of nitrogens with zero attached hydrogens (tertiary/aromatic N) is 1. The standard InChI is InChI=1S/C14H16N2S2/c1-17-11-6-4-10(5-7-11)14-16-13(9-2-3-9)12(8-15)18-14/h4-7,9H,2-3,8,15H2,1H3. The Morgan fingerprint density at radius 1 is 1.33 bits per heavy atom. The van der Waals surface area contributed by atoms with Gasteiger partial charge in [-0.2, -0.15) is 0 Å².